The summed E-state index contributed by atoms with van der Waals surface area (Å²) in [4.78, 5) is 0. The summed E-state index contributed by atoms with van der Waals surface area (Å²) in [5.74, 6) is 2.59. The molecule has 1 aromatic carbocycles. The van der Waals surface area contributed by atoms with Crippen LogP contribution in [0.4, 0.5) is 0 Å². The number of hydrogen-bond donors (Lipinski definition) is 0. The van der Waals surface area contributed by atoms with Crippen LogP contribution < -0.4 is 5.19 Å². The lowest BCUT2D eigenvalue weighted by atomic mass is 10.2. The molecule has 0 aromatic heterocycles. The van der Waals surface area contributed by atoms with Gasteiger partial charge >= 0.3 is 0 Å². The second-order valence-electron chi connectivity index (χ2n) is 2.19. The Hall–Kier alpha value is -1.00. The maximum absolute atomic E-state index is 5.20. The molecular weight excluding hydrogens is 136 g/mol. The van der Waals surface area contributed by atoms with Crippen LogP contribution in [0.15, 0.2) is 24.3 Å². The Balaban J connectivity index is 2.93. The van der Waals surface area contributed by atoms with Crippen LogP contribution in [0, 0.1) is 12.3 Å². The van der Waals surface area contributed by atoms with E-state index >= 15 is 0 Å². The van der Waals surface area contributed by atoms with E-state index in [2.05, 4.69) is 24.6 Å². The Morgan fingerprint density at radius 3 is 2.30 bits per heavy atom. The van der Waals surface area contributed by atoms with Crippen molar-refractivity contribution in [3.8, 4) is 12.3 Å². The smallest absolute Gasteiger partial charge is 0.0517 e. The molecule has 0 aliphatic rings. The molecule has 0 aliphatic heterocycles. The van der Waals surface area contributed by atoms with Crippen molar-refractivity contribution >= 4 is 14.7 Å². The van der Waals surface area contributed by atoms with E-state index in [9.17, 15) is 0 Å². The summed E-state index contributed by atoms with van der Waals surface area (Å²) in [6.07, 6.45) is 5.20. The molecule has 1 rings (SSSR count). The Morgan fingerprint density at radius 2 is 1.90 bits per heavy atom. The highest BCUT2D eigenvalue weighted by atomic mass is 28.2. The van der Waals surface area contributed by atoms with Gasteiger partial charge in [0.05, 0.1) is 9.52 Å². The largest absolute Gasteiger partial charge is 0.115 e. The topological polar surface area (TPSA) is 0 Å². The maximum atomic E-state index is 5.20. The van der Waals surface area contributed by atoms with E-state index in [0.29, 0.717) is 0 Å². The predicted octanol–water partition coefficient (Wildman–Crippen LogP) is 0.510. The molecule has 0 fully saturated rings. The molecule has 0 spiro atoms. The molecule has 1 aromatic rings. The van der Waals surface area contributed by atoms with Gasteiger partial charge in [-0.3, -0.25) is 0 Å². The molecule has 0 N–H and O–H groups in total. The van der Waals surface area contributed by atoms with Gasteiger partial charge in [-0.1, -0.05) is 29.8 Å². The van der Waals surface area contributed by atoms with Crippen molar-refractivity contribution in [3.63, 3.8) is 0 Å². The zero-order valence-electron chi connectivity index (χ0n) is 6.09. The average molecular weight is 146 g/mol. The van der Waals surface area contributed by atoms with Crippen molar-refractivity contribution in [2.45, 2.75) is 6.55 Å². The SMILES string of the molecule is C#Cc1ccc([SiH2]C)cc1. The summed E-state index contributed by atoms with van der Waals surface area (Å²) in [5.41, 5.74) is 0.978. The minimum absolute atomic E-state index is 0.000969. The van der Waals surface area contributed by atoms with Crippen LogP contribution in [-0.4, -0.2) is 9.52 Å². The summed E-state index contributed by atoms with van der Waals surface area (Å²) in [5, 5.41) is 1.47. The van der Waals surface area contributed by atoms with E-state index in [4.69, 9.17) is 6.42 Å². The zero-order valence-corrected chi connectivity index (χ0v) is 7.51. The van der Waals surface area contributed by atoms with Crippen molar-refractivity contribution in [2.24, 2.45) is 0 Å². The Kier molecular flexibility index (Phi) is 2.30. The second-order valence-corrected chi connectivity index (χ2v) is 3.72. The van der Waals surface area contributed by atoms with Crippen LogP contribution in [-0.2, 0) is 0 Å². The lowest BCUT2D eigenvalue weighted by molar-refractivity contribution is 1.69. The summed E-state index contributed by atoms with van der Waals surface area (Å²) in [6.45, 7) is 2.27. The highest BCUT2D eigenvalue weighted by Crippen LogP contribution is 1.92. The lowest BCUT2D eigenvalue weighted by Gasteiger charge is -1.93. The van der Waals surface area contributed by atoms with Crippen molar-refractivity contribution in [3.05, 3.63) is 29.8 Å². The second kappa shape index (κ2) is 3.24. The third kappa shape index (κ3) is 1.49. The maximum Gasteiger partial charge on any atom is 0.0517 e. The zero-order chi connectivity index (χ0) is 7.40. The quantitative estimate of drug-likeness (QED) is 0.400. The average Bonchev–Trinajstić information content (AvgIpc) is 2.05. The standard InChI is InChI=1S/C9H10Si/c1-3-8-4-6-9(10-2)7-5-8/h1,4-7H,10H2,2H3. The summed E-state index contributed by atoms with van der Waals surface area (Å²) >= 11 is 0. The van der Waals surface area contributed by atoms with Crippen molar-refractivity contribution in [1.29, 1.82) is 0 Å². The van der Waals surface area contributed by atoms with Gasteiger partial charge < -0.3 is 0 Å². The monoisotopic (exact) mass is 146 g/mol. The molecule has 0 nitrogen and oxygen atoms in total. The highest BCUT2D eigenvalue weighted by molar-refractivity contribution is 6.51. The van der Waals surface area contributed by atoms with Gasteiger partial charge in [0.1, 0.15) is 0 Å². The molecule has 0 unspecified atom stereocenters. The number of rotatable bonds is 1. The molecule has 0 aliphatic carbocycles. The Morgan fingerprint density at radius 1 is 1.30 bits per heavy atom. The molecule has 50 valence electrons. The molecule has 0 radical (unpaired) electrons. The first-order valence-corrected chi connectivity index (χ1v) is 5.54. The van der Waals surface area contributed by atoms with Gasteiger partial charge in [-0.05, 0) is 12.1 Å². The first kappa shape index (κ1) is 7.11. The Bertz CT molecular complexity index is 240. The lowest BCUT2D eigenvalue weighted by Crippen LogP contribution is -2.08. The van der Waals surface area contributed by atoms with Gasteiger partial charge in [-0.2, -0.15) is 0 Å². The Labute approximate surface area is 64.1 Å². The van der Waals surface area contributed by atoms with E-state index < -0.39 is 0 Å². The normalized spacial score (nSPS) is 10.0. The van der Waals surface area contributed by atoms with Gasteiger partial charge in [0.2, 0.25) is 0 Å². The third-order valence-electron chi connectivity index (χ3n) is 1.53. The van der Waals surface area contributed by atoms with Crippen LogP contribution in [0.3, 0.4) is 0 Å². The number of hydrogen-bond acceptors (Lipinski definition) is 0. The van der Waals surface area contributed by atoms with Crippen molar-refractivity contribution in [1.82, 2.24) is 0 Å². The number of benzene rings is 1. The fraction of sp³-hybridized carbons (Fsp3) is 0.111. The van der Waals surface area contributed by atoms with E-state index in [0.717, 1.165) is 5.56 Å². The van der Waals surface area contributed by atoms with E-state index in [1.807, 2.05) is 12.1 Å². The van der Waals surface area contributed by atoms with Gasteiger partial charge in [0.15, 0.2) is 0 Å². The molecule has 0 saturated heterocycles. The molecule has 0 amide bonds. The van der Waals surface area contributed by atoms with Gasteiger partial charge in [0, 0.05) is 5.56 Å². The third-order valence-corrected chi connectivity index (χ3v) is 2.82. The van der Waals surface area contributed by atoms with Crippen LogP contribution >= 0.6 is 0 Å². The van der Waals surface area contributed by atoms with Crippen LogP contribution in [0.5, 0.6) is 0 Å². The highest BCUT2D eigenvalue weighted by Gasteiger charge is 1.87. The minimum Gasteiger partial charge on any atom is -0.115 e. The van der Waals surface area contributed by atoms with E-state index in [1.165, 1.54) is 5.19 Å². The minimum atomic E-state index is -0.000969. The molecule has 0 bridgehead atoms. The predicted molar refractivity (Wildman–Crippen MR) is 48.4 cm³/mol. The summed E-state index contributed by atoms with van der Waals surface area (Å²) in [7, 11) is -0.000969. The molecule has 10 heavy (non-hydrogen) atoms. The van der Waals surface area contributed by atoms with Crippen LogP contribution in [0.2, 0.25) is 6.55 Å². The number of terminal acetylenes is 1. The van der Waals surface area contributed by atoms with Crippen LogP contribution in [0.1, 0.15) is 5.56 Å². The van der Waals surface area contributed by atoms with Crippen molar-refractivity contribution in [2.75, 3.05) is 0 Å². The fourth-order valence-electron chi connectivity index (χ4n) is 0.837. The molecule has 0 atom stereocenters. The van der Waals surface area contributed by atoms with Crippen LogP contribution in [0.25, 0.3) is 0 Å². The molecular formula is C9H10Si. The first-order chi connectivity index (χ1) is 4.86. The van der Waals surface area contributed by atoms with E-state index in [1.54, 1.807) is 0 Å². The fourth-order valence-corrected chi connectivity index (χ4v) is 1.54. The summed E-state index contributed by atoms with van der Waals surface area (Å²) < 4.78 is 0. The van der Waals surface area contributed by atoms with Gasteiger partial charge in [-0.15, -0.1) is 6.42 Å². The van der Waals surface area contributed by atoms with Crippen molar-refractivity contribution < 1.29 is 0 Å². The summed E-state index contributed by atoms with van der Waals surface area (Å²) in [6, 6.07) is 8.26. The molecule has 0 heterocycles. The van der Waals surface area contributed by atoms with Gasteiger partial charge in [0.25, 0.3) is 0 Å². The van der Waals surface area contributed by atoms with E-state index in [-0.39, 0.29) is 9.52 Å². The first-order valence-electron chi connectivity index (χ1n) is 3.42. The van der Waals surface area contributed by atoms with Gasteiger partial charge in [-0.25, -0.2) is 0 Å². The molecule has 1 heteroatoms. The molecule has 0 saturated carbocycles.